The van der Waals surface area contributed by atoms with Crippen LogP contribution in [-0.4, -0.2) is 17.8 Å². The second kappa shape index (κ2) is 4.01. The minimum absolute atomic E-state index is 0.0688. The highest BCUT2D eigenvalue weighted by atomic mass is 32.1. The molecule has 0 N–H and O–H groups in total. The molecule has 0 aliphatic carbocycles. The Balaban J connectivity index is 3.01. The first-order valence-electron chi connectivity index (χ1n) is 4.21. The smallest absolute Gasteiger partial charge is 0.213 e. The number of aromatic nitrogens is 1. The molecule has 1 aromatic heterocycles. The fourth-order valence-electron chi connectivity index (χ4n) is 1.03. The molecule has 13 heavy (non-hydrogen) atoms. The summed E-state index contributed by atoms with van der Waals surface area (Å²) < 4.78 is 5.06. The highest BCUT2D eigenvalue weighted by Gasteiger charge is 2.18. The van der Waals surface area contributed by atoms with Gasteiger partial charge in [0.05, 0.1) is 7.11 Å². The van der Waals surface area contributed by atoms with Crippen molar-refractivity contribution in [2.24, 2.45) is 0 Å². The average Bonchev–Trinajstić information content (AvgIpc) is 2.18. The SMILES string of the molecule is COc1cc(C(C)(C)CS)ccn1. The third kappa shape index (κ3) is 2.37. The number of ether oxygens (including phenoxy) is 1. The van der Waals surface area contributed by atoms with E-state index in [1.165, 1.54) is 5.56 Å². The van der Waals surface area contributed by atoms with Gasteiger partial charge in [0.2, 0.25) is 5.88 Å². The van der Waals surface area contributed by atoms with Crippen molar-refractivity contribution in [3.05, 3.63) is 23.9 Å². The van der Waals surface area contributed by atoms with E-state index in [9.17, 15) is 0 Å². The van der Waals surface area contributed by atoms with Crippen LogP contribution in [0.25, 0.3) is 0 Å². The lowest BCUT2D eigenvalue weighted by molar-refractivity contribution is 0.396. The van der Waals surface area contributed by atoms with Crippen molar-refractivity contribution >= 4 is 12.6 Å². The molecule has 0 amide bonds. The van der Waals surface area contributed by atoms with Crippen LogP contribution in [0.1, 0.15) is 19.4 Å². The zero-order chi connectivity index (χ0) is 9.90. The Hall–Kier alpha value is -0.700. The molecule has 0 spiro atoms. The van der Waals surface area contributed by atoms with E-state index >= 15 is 0 Å². The van der Waals surface area contributed by atoms with Crippen LogP contribution in [0.3, 0.4) is 0 Å². The van der Waals surface area contributed by atoms with Crippen molar-refractivity contribution in [1.29, 1.82) is 0 Å². The maximum absolute atomic E-state index is 5.06. The molecule has 1 heterocycles. The second-order valence-electron chi connectivity index (χ2n) is 3.63. The summed E-state index contributed by atoms with van der Waals surface area (Å²) in [4.78, 5) is 4.06. The third-order valence-electron chi connectivity index (χ3n) is 2.12. The molecular formula is C10H15NOS. The average molecular weight is 197 g/mol. The number of rotatable bonds is 3. The Morgan fingerprint density at radius 3 is 2.77 bits per heavy atom. The summed E-state index contributed by atoms with van der Waals surface area (Å²) >= 11 is 4.31. The fraction of sp³-hybridized carbons (Fsp3) is 0.500. The number of thiol groups is 1. The summed E-state index contributed by atoms with van der Waals surface area (Å²) in [6.07, 6.45) is 1.76. The number of hydrogen-bond acceptors (Lipinski definition) is 3. The predicted molar refractivity (Wildman–Crippen MR) is 57.7 cm³/mol. The van der Waals surface area contributed by atoms with Gasteiger partial charge in [0.1, 0.15) is 0 Å². The van der Waals surface area contributed by atoms with Crippen molar-refractivity contribution in [3.8, 4) is 5.88 Å². The van der Waals surface area contributed by atoms with Gasteiger partial charge in [0.15, 0.2) is 0 Å². The van der Waals surface area contributed by atoms with Gasteiger partial charge >= 0.3 is 0 Å². The van der Waals surface area contributed by atoms with Crippen LogP contribution in [0, 0.1) is 0 Å². The molecule has 0 unspecified atom stereocenters. The van der Waals surface area contributed by atoms with E-state index in [1.54, 1.807) is 13.3 Å². The van der Waals surface area contributed by atoms with Crippen molar-refractivity contribution in [3.63, 3.8) is 0 Å². The van der Waals surface area contributed by atoms with Crippen LogP contribution in [0.4, 0.5) is 0 Å². The largest absolute Gasteiger partial charge is 0.481 e. The van der Waals surface area contributed by atoms with Gasteiger partial charge < -0.3 is 4.74 Å². The summed E-state index contributed by atoms with van der Waals surface area (Å²) in [5, 5.41) is 0. The normalized spacial score (nSPS) is 11.4. The fourth-order valence-corrected chi connectivity index (χ4v) is 1.22. The zero-order valence-electron chi connectivity index (χ0n) is 8.24. The predicted octanol–water partition coefficient (Wildman–Crippen LogP) is 2.30. The van der Waals surface area contributed by atoms with Crippen molar-refractivity contribution < 1.29 is 4.74 Å². The summed E-state index contributed by atoms with van der Waals surface area (Å²) in [7, 11) is 1.62. The Labute approximate surface area is 84.7 Å². The Morgan fingerprint density at radius 2 is 2.23 bits per heavy atom. The van der Waals surface area contributed by atoms with E-state index in [2.05, 4.69) is 31.5 Å². The summed E-state index contributed by atoms with van der Waals surface area (Å²) in [5.41, 5.74) is 1.27. The number of hydrogen-bond donors (Lipinski definition) is 1. The minimum Gasteiger partial charge on any atom is -0.481 e. The Morgan fingerprint density at radius 1 is 1.54 bits per heavy atom. The molecule has 0 atom stereocenters. The van der Waals surface area contributed by atoms with Gasteiger partial charge in [-0.2, -0.15) is 12.6 Å². The van der Waals surface area contributed by atoms with Crippen LogP contribution in [0.5, 0.6) is 5.88 Å². The third-order valence-corrected chi connectivity index (χ3v) is 2.91. The van der Waals surface area contributed by atoms with Crippen LogP contribution in [-0.2, 0) is 5.41 Å². The van der Waals surface area contributed by atoms with E-state index in [0.717, 1.165) is 5.75 Å². The van der Waals surface area contributed by atoms with Gasteiger partial charge in [0, 0.05) is 12.3 Å². The lowest BCUT2D eigenvalue weighted by atomic mass is 9.87. The molecule has 0 aromatic carbocycles. The van der Waals surface area contributed by atoms with Gasteiger partial charge in [-0.25, -0.2) is 4.98 Å². The minimum atomic E-state index is 0.0688. The van der Waals surface area contributed by atoms with Gasteiger partial charge in [-0.15, -0.1) is 0 Å². The molecule has 0 aliphatic rings. The van der Waals surface area contributed by atoms with Crippen LogP contribution >= 0.6 is 12.6 Å². The topological polar surface area (TPSA) is 22.1 Å². The van der Waals surface area contributed by atoms with Gasteiger partial charge in [0.25, 0.3) is 0 Å². The molecular weight excluding hydrogens is 182 g/mol. The highest BCUT2D eigenvalue weighted by molar-refractivity contribution is 7.80. The number of nitrogens with zero attached hydrogens (tertiary/aromatic N) is 1. The summed E-state index contributed by atoms with van der Waals surface area (Å²) in [5.74, 6) is 1.47. The monoisotopic (exact) mass is 197 g/mol. The van der Waals surface area contributed by atoms with Crippen molar-refractivity contribution in [1.82, 2.24) is 4.98 Å². The Bertz CT molecular complexity index is 286. The maximum atomic E-state index is 5.06. The molecule has 3 heteroatoms. The standard InChI is InChI=1S/C10H15NOS/c1-10(2,7-13)8-4-5-11-9(6-8)12-3/h4-6,13H,7H2,1-3H3. The van der Waals surface area contributed by atoms with Crippen molar-refractivity contribution in [2.45, 2.75) is 19.3 Å². The highest BCUT2D eigenvalue weighted by Crippen LogP contribution is 2.25. The molecule has 2 nitrogen and oxygen atoms in total. The first-order valence-corrected chi connectivity index (χ1v) is 4.85. The molecule has 72 valence electrons. The molecule has 1 rings (SSSR count). The first-order chi connectivity index (χ1) is 6.10. The number of methoxy groups -OCH3 is 1. The Kier molecular flexibility index (Phi) is 3.20. The second-order valence-corrected chi connectivity index (χ2v) is 3.95. The van der Waals surface area contributed by atoms with Crippen LogP contribution in [0.2, 0.25) is 0 Å². The molecule has 0 saturated carbocycles. The van der Waals surface area contributed by atoms with Gasteiger partial charge in [-0.05, 0) is 22.8 Å². The molecule has 0 bridgehead atoms. The first kappa shape index (κ1) is 10.4. The molecule has 0 fully saturated rings. The van der Waals surface area contributed by atoms with E-state index in [-0.39, 0.29) is 5.41 Å². The van der Waals surface area contributed by atoms with E-state index in [1.807, 2.05) is 12.1 Å². The zero-order valence-corrected chi connectivity index (χ0v) is 9.14. The van der Waals surface area contributed by atoms with E-state index in [0.29, 0.717) is 5.88 Å². The van der Waals surface area contributed by atoms with Gasteiger partial charge in [-0.1, -0.05) is 13.8 Å². The van der Waals surface area contributed by atoms with E-state index < -0.39 is 0 Å². The lowest BCUT2D eigenvalue weighted by Crippen LogP contribution is -2.19. The molecule has 0 radical (unpaired) electrons. The molecule has 0 aliphatic heterocycles. The van der Waals surface area contributed by atoms with Crippen molar-refractivity contribution in [2.75, 3.05) is 12.9 Å². The van der Waals surface area contributed by atoms with Crippen LogP contribution < -0.4 is 4.74 Å². The molecule has 1 aromatic rings. The van der Waals surface area contributed by atoms with E-state index in [4.69, 9.17) is 4.74 Å². The lowest BCUT2D eigenvalue weighted by Gasteiger charge is -2.22. The van der Waals surface area contributed by atoms with Crippen LogP contribution in [0.15, 0.2) is 18.3 Å². The summed E-state index contributed by atoms with van der Waals surface area (Å²) in [6.45, 7) is 4.30. The van der Waals surface area contributed by atoms with Gasteiger partial charge in [-0.3, -0.25) is 0 Å². The number of pyridine rings is 1. The molecule has 0 saturated heterocycles. The maximum Gasteiger partial charge on any atom is 0.213 e. The summed E-state index contributed by atoms with van der Waals surface area (Å²) in [6, 6.07) is 3.95. The quantitative estimate of drug-likeness (QED) is 0.751.